The third kappa shape index (κ3) is 3.58. The van der Waals surface area contributed by atoms with Crippen LogP contribution in [0.3, 0.4) is 0 Å². The van der Waals surface area contributed by atoms with Crippen molar-refractivity contribution in [3.8, 4) is 0 Å². The van der Waals surface area contributed by atoms with E-state index in [0.717, 1.165) is 5.69 Å². The number of aliphatic hydroxyl groups excluding tert-OH is 1. The predicted octanol–water partition coefficient (Wildman–Crippen LogP) is 0.712. The molecule has 1 amide bonds. The maximum Gasteiger partial charge on any atom is 0.271 e. The number of aliphatic hydroxyl groups is 1. The normalized spacial score (nSPS) is 10.5. The van der Waals surface area contributed by atoms with Crippen LogP contribution in [-0.2, 0) is 0 Å². The smallest absolute Gasteiger partial charge is 0.271 e. The zero-order valence-electron chi connectivity index (χ0n) is 9.60. The molecule has 1 aromatic rings. The fraction of sp³-hybridized carbons (Fsp3) is 0.545. The molecule has 0 aliphatic carbocycles. The lowest BCUT2D eigenvalue weighted by atomic mass is 10.1. The van der Waals surface area contributed by atoms with Crippen molar-refractivity contribution in [3.05, 3.63) is 23.5 Å². The summed E-state index contributed by atoms with van der Waals surface area (Å²) in [5.41, 5.74) is 1.18. The van der Waals surface area contributed by atoms with Crippen molar-refractivity contribution >= 4 is 5.91 Å². The summed E-state index contributed by atoms with van der Waals surface area (Å²) < 4.78 is 0. The van der Waals surface area contributed by atoms with E-state index in [1.165, 1.54) is 0 Å². The first-order chi connectivity index (χ1) is 7.65. The first kappa shape index (κ1) is 12.6. The van der Waals surface area contributed by atoms with Gasteiger partial charge < -0.3 is 10.4 Å². The number of rotatable bonds is 5. The first-order valence-corrected chi connectivity index (χ1v) is 5.38. The summed E-state index contributed by atoms with van der Waals surface area (Å²) in [5, 5.41) is 19.0. The lowest BCUT2D eigenvalue weighted by Gasteiger charge is -2.05. The molecule has 0 fully saturated rings. The van der Waals surface area contributed by atoms with Crippen molar-refractivity contribution in [2.75, 3.05) is 13.2 Å². The molecule has 0 radical (unpaired) electrons. The van der Waals surface area contributed by atoms with E-state index in [9.17, 15) is 4.79 Å². The molecule has 88 valence electrons. The number of nitrogens with one attached hydrogen (secondary N) is 1. The second-order valence-corrected chi connectivity index (χ2v) is 3.83. The van der Waals surface area contributed by atoms with Gasteiger partial charge in [0, 0.05) is 13.2 Å². The molecule has 0 aliphatic rings. The molecular weight excluding hydrogens is 206 g/mol. The highest BCUT2D eigenvalue weighted by Crippen LogP contribution is 2.09. The Balaban J connectivity index is 2.56. The number of carbonyl (C=O) groups is 1. The number of hydrogen-bond acceptors (Lipinski definition) is 4. The van der Waals surface area contributed by atoms with Gasteiger partial charge in [0.05, 0.1) is 5.69 Å². The van der Waals surface area contributed by atoms with E-state index < -0.39 is 0 Å². The highest BCUT2D eigenvalue weighted by molar-refractivity contribution is 5.91. The standard InChI is InChI=1S/C11H17N3O2/c1-8(2)9-4-5-10(14-13-9)11(16)12-6-3-7-15/h4-5,8,15H,3,6-7H2,1-2H3,(H,12,16). The third-order valence-corrected chi connectivity index (χ3v) is 2.13. The maximum atomic E-state index is 11.5. The molecule has 16 heavy (non-hydrogen) atoms. The van der Waals surface area contributed by atoms with Crippen LogP contribution in [0, 0.1) is 0 Å². The van der Waals surface area contributed by atoms with Gasteiger partial charge in [-0.2, -0.15) is 5.10 Å². The van der Waals surface area contributed by atoms with Crippen molar-refractivity contribution in [2.24, 2.45) is 0 Å². The molecule has 0 saturated carbocycles. The molecule has 0 unspecified atom stereocenters. The largest absolute Gasteiger partial charge is 0.396 e. The van der Waals surface area contributed by atoms with Crippen molar-refractivity contribution in [1.82, 2.24) is 15.5 Å². The quantitative estimate of drug-likeness (QED) is 0.721. The molecule has 0 atom stereocenters. The molecule has 0 aromatic carbocycles. The van der Waals surface area contributed by atoms with Crippen LogP contribution in [0.4, 0.5) is 0 Å². The van der Waals surface area contributed by atoms with Gasteiger partial charge in [-0.05, 0) is 24.5 Å². The number of amides is 1. The minimum Gasteiger partial charge on any atom is -0.396 e. The van der Waals surface area contributed by atoms with Gasteiger partial charge in [-0.3, -0.25) is 4.79 Å². The molecule has 2 N–H and O–H groups in total. The topological polar surface area (TPSA) is 75.1 Å². The van der Waals surface area contributed by atoms with Crippen molar-refractivity contribution in [2.45, 2.75) is 26.2 Å². The zero-order chi connectivity index (χ0) is 12.0. The molecule has 0 aliphatic heterocycles. The monoisotopic (exact) mass is 223 g/mol. The minimum atomic E-state index is -0.253. The average Bonchev–Trinajstić information content (AvgIpc) is 2.29. The summed E-state index contributed by atoms with van der Waals surface area (Å²) in [4.78, 5) is 11.5. The Morgan fingerprint density at radius 2 is 2.19 bits per heavy atom. The molecule has 5 nitrogen and oxygen atoms in total. The van der Waals surface area contributed by atoms with E-state index >= 15 is 0 Å². The van der Waals surface area contributed by atoms with E-state index in [1.54, 1.807) is 12.1 Å². The average molecular weight is 223 g/mol. The predicted molar refractivity (Wildman–Crippen MR) is 60.2 cm³/mol. The van der Waals surface area contributed by atoms with E-state index in [4.69, 9.17) is 5.11 Å². The second kappa shape index (κ2) is 6.17. The van der Waals surface area contributed by atoms with Crippen molar-refractivity contribution in [3.63, 3.8) is 0 Å². The van der Waals surface area contributed by atoms with Crippen LogP contribution < -0.4 is 5.32 Å². The highest BCUT2D eigenvalue weighted by atomic mass is 16.3. The molecule has 1 heterocycles. The number of aromatic nitrogens is 2. The van der Waals surface area contributed by atoms with Crippen LogP contribution in [0.5, 0.6) is 0 Å². The molecule has 5 heteroatoms. The van der Waals surface area contributed by atoms with Gasteiger partial charge in [0.1, 0.15) is 0 Å². The molecule has 0 spiro atoms. The summed E-state index contributed by atoms with van der Waals surface area (Å²) in [6.45, 7) is 4.55. The summed E-state index contributed by atoms with van der Waals surface area (Å²) in [6.07, 6.45) is 0.545. The van der Waals surface area contributed by atoms with Gasteiger partial charge in [-0.15, -0.1) is 5.10 Å². The Labute approximate surface area is 94.9 Å². The molecule has 0 saturated heterocycles. The van der Waals surface area contributed by atoms with Crippen LogP contribution in [-0.4, -0.2) is 34.4 Å². The van der Waals surface area contributed by atoms with Crippen LogP contribution in [0.2, 0.25) is 0 Å². The Hall–Kier alpha value is -1.49. The number of nitrogens with zero attached hydrogens (tertiary/aromatic N) is 2. The van der Waals surface area contributed by atoms with Crippen molar-refractivity contribution in [1.29, 1.82) is 0 Å². The fourth-order valence-corrected chi connectivity index (χ4v) is 1.14. The second-order valence-electron chi connectivity index (χ2n) is 3.83. The molecule has 1 rings (SSSR count). The Morgan fingerprint density at radius 3 is 2.69 bits per heavy atom. The number of hydrogen-bond donors (Lipinski definition) is 2. The molecule has 0 bridgehead atoms. The van der Waals surface area contributed by atoms with E-state index in [2.05, 4.69) is 15.5 Å². The lowest BCUT2D eigenvalue weighted by Crippen LogP contribution is -2.26. The Bertz CT molecular complexity index is 336. The van der Waals surface area contributed by atoms with Crippen LogP contribution in [0.1, 0.15) is 42.4 Å². The number of carbonyl (C=O) groups excluding carboxylic acids is 1. The van der Waals surface area contributed by atoms with Crippen LogP contribution >= 0.6 is 0 Å². The summed E-state index contributed by atoms with van der Waals surface area (Å²) in [6, 6.07) is 3.47. The molecule has 1 aromatic heterocycles. The van der Waals surface area contributed by atoms with E-state index in [0.29, 0.717) is 24.6 Å². The first-order valence-electron chi connectivity index (χ1n) is 5.38. The SMILES string of the molecule is CC(C)c1ccc(C(=O)NCCCO)nn1. The maximum absolute atomic E-state index is 11.5. The van der Waals surface area contributed by atoms with Gasteiger partial charge in [0.2, 0.25) is 0 Å². The minimum absolute atomic E-state index is 0.0677. The molecular formula is C11H17N3O2. The fourth-order valence-electron chi connectivity index (χ4n) is 1.14. The lowest BCUT2D eigenvalue weighted by molar-refractivity contribution is 0.0945. The van der Waals surface area contributed by atoms with Gasteiger partial charge in [0.25, 0.3) is 5.91 Å². The van der Waals surface area contributed by atoms with Crippen molar-refractivity contribution < 1.29 is 9.90 Å². The van der Waals surface area contributed by atoms with Gasteiger partial charge >= 0.3 is 0 Å². The Kier molecular flexibility index (Phi) is 4.85. The van der Waals surface area contributed by atoms with Gasteiger partial charge in [0.15, 0.2) is 5.69 Å². The van der Waals surface area contributed by atoms with Gasteiger partial charge in [-0.25, -0.2) is 0 Å². The summed E-state index contributed by atoms with van der Waals surface area (Å²) >= 11 is 0. The zero-order valence-corrected chi connectivity index (χ0v) is 9.60. The highest BCUT2D eigenvalue weighted by Gasteiger charge is 2.08. The van der Waals surface area contributed by atoms with E-state index in [1.807, 2.05) is 13.8 Å². The summed E-state index contributed by atoms with van der Waals surface area (Å²) in [5.74, 6) is 0.0512. The Morgan fingerprint density at radius 1 is 1.44 bits per heavy atom. The van der Waals surface area contributed by atoms with Crippen LogP contribution in [0.15, 0.2) is 12.1 Å². The van der Waals surface area contributed by atoms with Gasteiger partial charge in [-0.1, -0.05) is 13.8 Å². The van der Waals surface area contributed by atoms with E-state index in [-0.39, 0.29) is 12.5 Å². The summed E-state index contributed by atoms with van der Waals surface area (Å²) in [7, 11) is 0. The van der Waals surface area contributed by atoms with Crippen LogP contribution in [0.25, 0.3) is 0 Å². The third-order valence-electron chi connectivity index (χ3n) is 2.13.